The highest BCUT2D eigenvalue weighted by atomic mass is 19.4. The highest BCUT2D eigenvalue weighted by Gasteiger charge is 2.30. The number of rotatable bonds is 1. The lowest BCUT2D eigenvalue weighted by molar-refractivity contribution is -0.137. The van der Waals surface area contributed by atoms with E-state index < -0.39 is 11.7 Å². The molecular weight excluding hydrogens is 279 g/mol. The van der Waals surface area contributed by atoms with E-state index in [1.54, 1.807) is 6.07 Å². The van der Waals surface area contributed by atoms with E-state index in [-0.39, 0.29) is 5.41 Å². The Morgan fingerprint density at radius 3 is 2.00 bits per heavy atom. The van der Waals surface area contributed by atoms with Gasteiger partial charge in [-0.05, 0) is 12.1 Å². The van der Waals surface area contributed by atoms with Crippen molar-refractivity contribution in [3.63, 3.8) is 0 Å². The summed E-state index contributed by atoms with van der Waals surface area (Å²) in [5.74, 6) is 0.624. The number of nitrogens with two attached hydrogens (primary N) is 1. The van der Waals surface area contributed by atoms with Crippen LogP contribution in [-0.2, 0) is 11.6 Å². The van der Waals surface area contributed by atoms with Gasteiger partial charge in [-0.25, -0.2) is 9.97 Å². The highest BCUT2D eigenvalue weighted by Crippen LogP contribution is 2.31. The number of anilines is 1. The number of halogens is 3. The topological polar surface area (TPSA) is 51.8 Å². The fraction of sp³-hybridized carbons (Fsp3) is 0.333. The van der Waals surface area contributed by atoms with Gasteiger partial charge in [-0.1, -0.05) is 32.9 Å². The van der Waals surface area contributed by atoms with E-state index in [2.05, 4.69) is 9.97 Å². The molecule has 0 amide bonds. The first-order valence-electron chi connectivity index (χ1n) is 6.40. The van der Waals surface area contributed by atoms with Crippen LogP contribution in [-0.4, -0.2) is 9.97 Å². The molecule has 1 aromatic heterocycles. The number of nitrogens with zero attached hydrogens (tertiary/aromatic N) is 2. The van der Waals surface area contributed by atoms with E-state index in [1.807, 2.05) is 20.8 Å². The van der Waals surface area contributed by atoms with Crippen LogP contribution < -0.4 is 5.73 Å². The zero-order valence-electron chi connectivity index (χ0n) is 12.0. The molecule has 0 saturated carbocycles. The standard InChI is InChI=1S/C15H16F3N3/c1-14(2,3)11-8-12(19)21-13(20-11)9-4-6-10(7-5-9)15(16,17)18/h4-8H,1-3H3,(H2,19,20,21). The molecule has 2 N–H and O–H groups in total. The van der Waals surface area contributed by atoms with Crippen molar-refractivity contribution < 1.29 is 13.2 Å². The average Bonchev–Trinajstić information content (AvgIpc) is 2.36. The van der Waals surface area contributed by atoms with Crippen LogP contribution in [0.25, 0.3) is 11.4 Å². The molecule has 21 heavy (non-hydrogen) atoms. The van der Waals surface area contributed by atoms with Crippen molar-refractivity contribution >= 4 is 5.82 Å². The lowest BCUT2D eigenvalue weighted by Crippen LogP contribution is -2.15. The maximum absolute atomic E-state index is 12.6. The first kappa shape index (κ1) is 15.3. The highest BCUT2D eigenvalue weighted by molar-refractivity contribution is 5.58. The minimum Gasteiger partial charge on any atom is -0.384 e. The van der Waals surface area contributed by atoms with Crippen molar-refractivity contribution in [2.45, 2.75) is 32.4 Å². The van der Waals surface area contributed by atoms with Crippen LogP contribution in [0.5, 0.6) is 0 Å². The summed E-state index contributed by atoms with van der Waals surface area (Å²) in [6, 6.07) is 6.40. The third-order valence-corrected chi connectivity index (χ3v) is 2.98. The minimum absolute atomic E-state index is 0.224. The molecule has 2 aromatic rings. The molecule has 1 aromatic carbocycles. The Morgan fingerprint density at radius 1 is 0.952 bits per heavy atom. The average molecular weight is 295 g/mol. The molecule has 6 heteroatoms. The summed E-state index contributed by atoms with van der Waals surface area (Å²) in [6.07, 6.45) is -4.36. The third-order valence-electron chi connectivity index (χ3n) is 2.98. The molecule has 3 nitrogen and oxygen atoms in total. The predicted octanol–water partition coefficient (Wildman–Crippen LogP) is 4.04. The number of nitrogen functional groups attached to an aromatic ring is 1. The first-order chi connectivity index (χ1) is 9.57. The normalized spacial score (nSPS) is 12.5. The largest absolute Gasteiger partial charge is 0.416 e. The monoisotopic (exact) mass is 295 g/mol. The van der Waals surface area contributed by atoms with E-state index in [9.17, 15) is 13.2 Å². The lowest BCUT2D eigenvalue weighted by Gasteiger charge is -2.18. The van der Waals surface area contributed by atoms with Gasteiger partial charge in [0.05, 0.1) is 11.3 Å². The van der Waals surface area contributed by atoms with Crippen LogP contribution >= 0.6 is 0 Å². The molecule has 0 atom stereocenters. The second-order valence-electron chi connectivity index (χ2n) is 5.83. The Hall–Kier alpha value is -2.11. The molecule has 0 unspecified atom stereocenters. The molecule has 112 valence electrons. The molecule has 1 heterocycles. The van der Waals surface area contributed by atoms with E-state index >= 15 is 0 Å². The Morgan fingerprint density at radius 2 is 1.52 bits per heavy atom. The maximum atomic E-state index is 12.6. The minimum atomic E-state index is -4.36. The summed E-state index contributed by atoms with van der Waals surface area (Å²) >= 11 is 0. The van der Waals surface area contributed by atoms with Crippen molar-refractivity contribution in [2.75, 3.05) is 5.73 Å². The summed E-state index contributed by atoms with van der Waals surface area (Å²) in [4.78, 5) is 8.49. The summed E-state index contributed by atoms with van der Waals surface area (Å²) in [5, 5.41) is 0. The van der Waals surface area contributed by atoms with Crippen LogP contribution in [0.3, 0.4) is 0 Å². The number of hydrogen-bond acceptors (Lipinski definition) is 3. The molecular formula is C15H16F3N3. The van der Waals surface area contributed by atoms with Crippen LogP contribution in [0.2, 0.25) is 0 Å². The third kappa shape index (κ3) is 3.51. The summed E-state index contributed by atoms with van der Waals surface area (Å²) < 4.78 is 37.7. The van der Waals surface area contributed by atoms with Gasteiger partial charge in [0.25, 0.3) is 0 Å². The van der Waals surface area contributed by atoms with E-state index in [0.717, 1.165) is 17.8 Å². The molecule has 2 rings (SSSR count). The van der Waals surface area contributed by atoms with Crippen molar-refractivity contribution in [3.8, 4) is 11.4 Å². The van der Waals surface area contributed by atoms with Gasteiger partial charge in [-0.15, -0.1) is 0 Å². The van der Waals surface area contributed by atoms with Gasteiger partial charge in [-0.2, -0.15) is 13.2 Å². The lowest BCUT2D eigenvalue weighted by atomic mass is 9.92. The fourth-order valence-corrected chi connectivity index (χ4v) is 1.79. The summed E-state index contributed by atoms with van der Waals surface area (Å²) in [5.41, 5.74) is 6.08. The van der Waals surface area contributed by atoms with Crippen LogP contribution in [0, 0.1) is 0 Å². The fourth-order valence-electron chi connectivity index (χ4n) is 1.79. The van der Waals surface area contributed by atoms with E-state index in [0.29, 0.717) is 17.2 Å². The molecule has 0 aliphatic heterocycles. The van der Waals surface area contributed by atoms with Gasteiger partial charge in [-0.3, -0.25) is 0 Å². The van der Waals surface area contributed by atoms with Crippen molar-refractivity contribution in [1.82, 2.24) is 9.97 Å². The SMILES string of the molecule is CC(C)(C)c1cc(N)nc(-c2ccc(C(F)(F)F)cc2)n1. The van der Waals surface area contributed by atoms with Crippen molar-refractivity contribution in [3.05, 3.63) is 41.6 Å². The predicted molar refractivity (Wildman–Crippen MR) is 75.6 cm³/mol. The number of alkyl halides is 3. The summed E-state index contributed by atoms with van der Waals surface area (Å²) in [7, 11) is 0. The molecule has 0 aliphatic carbocycles. The molecule has 0 saturated heterocycles. The number of aromatic nitrogens is 2. The second-order valence-corrected chi connectivity index (χ2v) is 5.83. The molecule has 0 fully saturated rings. The number of hydrogen-bond donors (Lipinski definition) is 1. The maximum Gasteiger partial charge on any atom is 0.416 e. The van der Waals surface area contributed by atoms with Gasteiger partial charge < -0.3 is 5.73 Å². The molecule has 0 aliphatic rings. The van der Waals surface area contributed by atoms with Crippen LogP contribution in [0.4, 0.5) is 19.0 Å². The van der Waals surface area contributed by atoms with Crippen LogP contribution in [0.15, 0.2) is 30.3 Å². The molecule has 0 bridgehead atoms. The van der Waals surface area contributed by atoms with Gasteiger partial charge >= 0.3 is 6.18 Å². The van der Waals surface area contributed by atoms with Gasteiger partial charge in [0.2, 0.25) is 0 Å². The Kier molecular flexibility index (Phi) is 3.65. The van der Waals surface area contributed by atoms with E-state index in [4.69, 9.17) is 5.73 Å². The van der Waals surface area contributed by atoms with Gasteiger partial charge in [0.1, 0.15) is 5.82 Å². The quantitative estimate of drug-likeness (QED) is 0.863. The van der Waals surface area contributed by atoms with Gasteiger partial charge in [0.15, 0.2) is 5.82 Å². The molecule has 0 radical (unpaired) electrons. The van der Waals surface area contributed by atoms with Crippen molar-refractivity contribution in [1.29, 1.82) is 0 Å². The van der Waals surface area contributed by atoms with Crippen molar-refractivity contribution in [2.24, 2.45) is 0 Å². The molecule has 0 spiro atoms. The summed E-state index contributed by atoms with van der Waals surface area (Å²) in [6.45, 7) is 5.93. The zero-order chi connectivity index (χ0) is 15.8. The van der Waals surface area contributed by atoms with Gasteiger partial charge in [0, 0.05) is 17.0 Å². The zero-order valence-corrected chi connectivity index (χ0v) is 12.0. The first-order valence-corrected chi connectivity index (χ1v) is 6.40. The van der Waals surface area contributed by atoms with E-state index in [1.165, 1.54) is 12.1 Å². The van der Waals surface area contributed by atoms with Crippen LogP contribution in [0.1, 0.15) is 32.0 Å². The number of benzene rings is 1. The second kappa shape index (κ2) is 5.02. The Balaban J connectivity index is 2.45. The Labute approximate surface area is 121 Å². The Bertz CT molecular complexity index is 641. The smallest absolute Gasteiger partial charge is 0.384 e.